The molecule has 1 heterocycles. The molecule has 0 spiro atoms. The van der Waals surface area contributed by atoms with Crippen molar-refractivity contribution >= 4 is 15.9 Å². The molecule has 1 aliphatic heterocycles. The van der Waals surface area contributed by atoms with Crippen LogP contribution in [0.25, 0.3) is 0 Å². The third-order valence-corrected chi connectivity index (χ3v) is 7.14. The molecule has 7 nitrogen and oxygen atoms in total. The van der Waals surface area contributed by atoms with Gasteiger partial charge in [-0.25, -0.2) is 8.42 Å². The molecular formula is C23H30N2O5S. The van der Waals surface area contributed by atoms with Crippen molar-refractivity contribution in [1.82, 2.24) is 9.62 Å². The first kappa shape index (κ1) is 23.1. The molecule has 1 amide bonds. The fourth-order valence-electron chi connectivity index (χ4n) is 3.43. The van der Waals surface area contributed by atoms with Crippen molar-refractivity contribution in [2.75, 3.05) is 26.2 Å². The average molecular weight is 447 g/mol. The zero-order valence-electron chi connectivity index (χ0n) is 18.0. The maximum Gasteiger partial charge on any atom is 0.260 e. The molecule has 1 saturated heterocycles. The van der Waals surface area contributed by atoms with Gasteiger partial charge in [-0.15, -0.1) is 0 Å². The number of benzene rings is 2. The Morgan fingerprint density at radius 1 is 1.10 bits per heavy atom. The lowest BCUT2D eigenvalue weighted by Gasteiger charge is -2.17. The number of sulfonamides is 1. The van der Waals surface area contributed by atoms with E-state index in [1.807, 2.05) is 31.2 Å². The summed E-state index contributed by atoms with van der Waals surface area (Å²) in [5, 5.41) is 2.79. The first-order valence-corrected chi connectivity index (χ1v) is 12.1. The lowest BCUT2D eigenvalue weighted by molar-refractivity contribution is -0.127. The number of hydrogen-bond donors (Lipinski definition) is 1. The van der Waals surface area contributed by atoms with Crippen molar-refractivity contribution < 1.29 is 22.7 Å². The van der Waals surface area contributed by atoms with Gasteiger partial charge in [0.15, 0.2) is 6.10 Å². The van der Waals surface area contributed by atoms with Crippen LogP contribution in [0.2, 0.25) is 0 Å². The molecule has 0 radical (unpaired) electrons. The minimum Gasteiger partial charge on any atom is -0.492 e. The standard InChI is InChI=1S/C23H30N2O5S/c1-3-19-8-4-5-9-22(19)30-18(2)23(26)24-14-17-29-20-10-12-21(13-11-20)31(27,28)25-15-6-7-16-25/h4-5,8-13,18H,3,6-7,14-17H2,1-2H3,(H,24,26)/t18-/m1/s1. The summed E-state index contributed by atoms with van der Waals surface area (Å²) in [7, 11) is -3.43. The number of rotatable bonds is 10. The molecule has 1 atom stereocenters. The topological polar surface area (TPSA) is 84.9 Å². The molecule has 0 saturated carbocycles. The lowest BCUT2D eigenvalue weighted by atomic mass is 10.1. The van der Waals surface area contributed by atoms with E-state index in [-0.39, 0.29) is 17.4 Å². The second-order valence-electron chi connectivity index (χ2n) is 7.44. The van der Waals surface area contributed by atoms with Gasteiger partial charge in [0.05, 0.1) is 11.4 Å². The molecule has 31 heavy (non-hydrogen) atoms. The van der Waals surface area contributed by atoms with Gasteiger partial charge in [0.1, 0.15) is 18.1 Å². The van der Waals surface area contributed by atoms with E-state index in [1.165, 1.54) is 4.31 Å². The SMILES string of the molecule is CCc1ccccc1O[C@H](C)C(=O)NCCOc1ccc(S(=O)(=O)N2CCCC2)cc1. The summed E-state index contributed by atoms with van der Waals surface area (Å²) < 4.78 is 38.0. The van der Waals surface area contributed by atoms with E-state index in [2.05, 4.69) is 5.32 Å². The average Bonchev–Trinajstić information content (AvgIpc) is 3.33. The van der Waals surface area contributed by atoms with Crippen molar-refractivity contribution in [2.45, 2.75) is 44.1 Å². The van der Waals surface area contributed by atoms with E-state index in [0.717, 1.165) is 24.8 Å². The second kappa shape index (κ2) is 10.6. The summed E-state index contributed by atoms with van der Waals surface area (Å²) in [4.78, 5) is 12.5. The van der Waals surface area contributed by atoms with E-state index in [9.17, 15) is 13.2 Å². The van der Waals surface area contributed by atoms with E-state index in [0.29, 0.717) is 31.1 Å². The number of amides is 1. The minimum atomic E-state index is -3.43. The van der Waals surface area contributed by atoms with Gasteiger partial charge in [0, 0.05) is 13.1 Å². The Labute approximate surface area is 184 Å². The summed E-state index contributed by atoms with van der Waals surface area (Å²) >= 11 is 0. The molecular weight excluding hydrogens is 416 g/mol. The number of para-hydroxylation sites is 1. The van der Waals surface area contributed by atoms with Crippen LogP contribution in [0.3, 0.4) is 0 Å². The maximum absolute atomic E-state index is 12.5. The largest absolute Gasteiger partial charge is 0.492 e. The number of nitrogens with one attached hydrogen (secondary N) is 1. The Kier molecular flexibility index (Phi) is 7.92. The number of nitrogens with zero attached hydrogens (tertiary/aromatic N) is 1. The van der Waals surface area contributed by atoms with Gasteiger partial charge in [-0.3, -0.25) is 4.79 Å². The molecule has 0 aromatic heterocycles. The third kappa shape index (κ3) is 5.98. The Hall–Kier alpha value is -2.58. The van der Waals surface area contributed by atoms with Crippen LogP contribution in [0.15, 0.2) is 53.4 Å². The molecule has 2 aromatic carbocycles. The third-order valence-electron chi connectivity index (χ3n) is 5.22. The molecule has 0 unspecified atom stereocenters. The van der Waals surface area contributed by atoms with Crippen molar-refractivity contribution in [2.24, 2.45) is 0 Å². The van der Waals surface area contributed by atoms with Crippen LogP contribution >= 0.6 is 0 Å². The van der Waals surface area contributed by atoms with Gasteiger partial charge in [-0.2, -0.15) is 4.31 Å². The zero-order chi connectivity index (χ0) is 22.3. The number of hydrogen-bond acceptors (Lipinski definition) is 5. The fourth-order valence-corrected chi connectivity index (χ4v) is 4.94. The summed E-state index contributed by atoms with van der Waals surface area (Å²) in [5.74, 6) is 1.05. The van der Waals surface area contributed by atoms with Crippen LogP contribution < -0.4 is 14.8 Å². The Morgan fingerprint density at radius 2 is 1.77 bits per heavy atom. The van der Waals surface area contributed by atoms with Gasteiger partial charge >= 0.3 is 0 Å². The molecule has 2 aromatic rings. The van der Waals surface area contributed by atoms with Gasteiger partial charge < -0.3 is 14.8 Å². The first-order chi connectivity index (χ1) is 14.9. The lowest BCUT2D eigenvalue weighted by Crippen LogP contribution is -2.38. The quantitative estimate of drug-likeness (QED) is 0.567. The van der Waals surface area contributed by atoms with Crippen LogP contribution in [0.1, 0.15) is 32.3 Å². The smallest absolute Gasteiger partial charge is 0.260 e. The molecule has 0 aliphatic carbocycles. The van der Waals surface area contributed by atoms with Crippen LogP contribution in [0.5, 0.6) is 11.5 Å². The Balaban J connectivity index is 1.43. The van der Waals surface area contributed by atoms with E-state index in [1.54, 1.807) is 31.2 Å². The second-order valence-corrected chi connectivity index (χ2v) is 9.38. The maximum atomic E-state index is 12.5. The van der Waals surface area contributed by atoms with E-state index >= 15 is 0 Å². The van der Waals surface area contributed by atoms with Crippen LogP contribution in [-0.2, 0) is 21.2 Å². The molecule has 1 fully saturated rings. The summed E-state index contributed by atoms with van der Waals surface area (Å²) in [6, 6.07) is 14.1. The summed E-state index contributed by atoms with van der Waals surface area (Å²) in [6.45, 7) is 5.48. The van der Waals surface area contributed by atoms with Crippen LogP contribution in [0.4, 0.5) is 0 Å². The van der Waals surface area contributed by atoms with Crippen LogP contribution in [-0.4, -0.2) is 51.0 Å². The minimum absolute atomic E-state index is 0.221. The predicted octanol–water partition coefficient (Wildman–Crippen LogP) is 3.00. The number of ether oxygens (including phenoxy) is 2. The number of aryl methyl sites for hydroxylation is 1. The predicted molar refractivity (Wildman–Crippen MR) is 119 cm³/mol. The van der Waals surface area contributed by atoms with Crippen molar-refractivity contribution in [3.8, 4) is 11.5 Å². The van der Waals surface area contributed by atoms with Crippen molar-refractivity contribution in [3.63, 3.8) is 0 Å². The van der Waals surface area contributed by atoms with Crippen LogP contribution in [0, 0.1) is 0 Å². The number of carbonyl (C=O) groups excluding carboxylic acids is 1. The van der Waals surface area contributed by atoms with Gasteiger partial charge in [-0.05, 0) is 62.1 Å². The highest BCUT2D eigenvalue weighted by atomic mass is 32.2. The zero-order valence-corrected chi connectivity index (χ0v) is 18.9. The van der Waals surface area contributed by atoms with Gasteiger partial charge in [0.2, 0.25) is 10.0 Å². The van der Waals surface area contributed by atoms with Crippen molar-refractivity contribution in [3.05, 3.63) is 54.1 Å². The molecule has 168 valence electrons. The summed E-state index contributed by atoms with van der Waals surface area (Å²) in [6.07, 6.45) is 2.01. The fraction of sp³-hybridized carbons (Fsp3) is 0.435. The highest BCUT2D eigenvalue weighted by molar-refractivity contribution is 7.89. The monoisotopic (exact) mass is 446 g/mol. The molecule has 3 rings (SSSR count). The van der Waals surface area contributed by atoms with E-state index in [4.69, 9.17) is 9.47 Å². The highest BCUT2D eigenvalue weighted by Gasteiger charge is 2.26. The Morgan fingerprint density at radius 3 is 2.45 bits per heavy atom. The van der Waals surface area contributed by atoms with E-state index < -0.39 is 16.1 Å². The van der Waals surface area contributed by atoms with Gasteiger partial charge in [0.25, 0.3) is 5.91 Å². The first-order valence-electron chi connectivity index (χ1n) is 10.7. The van der Waals surface area contributed by atoms with Gasteiger partial charge in [-0.1, -0.05) is 25.1 Å². The van der Waals surface area contributed by atoms with Crippen molar-refractivity contribution in [1.29, 1.82) is 0 Å². The highest BCUT2D eigenvalue weighted by Crippen LogP contribution is 2.23. The molecule has 1 N–H and O–H groups in total. The molecule has 0 bridgehead atoms. The Bertz CT molecular complexity index is 970. The normalized spacial score (nSPS) is 15.4. The molecule has 8 heteroatoms. The summed E-state index contributed by atoms with van der Waals surface area (Å²) in [5.41, 5.74) is 1.06. The number of carbonyl (C=O) groups is 1. The molecule has 1 aliphatic rings.